The third-order valence-electron chi connectivity index (χ3n) is 3.43. The van der Waals surface area contributed by atoms with Crippen molar-refractivity contribution in [3.63, 3.8) is 0 Å². The summed E-state index contributed by atoms with van der Waals surface area (Å²) in [5.74, 6) is 1.03. The summed E-state index contributed by atoms with van der Waals surface area (Å²) in [7, 11) is 0. The molecule has 1 saturated heterocycles. The van der Waals surface area contributed by atoms with Crippen LogP contribution in [0.3, 0.4) is 0 Å². The summed E-state index contributed by atoms with van der Waals surface area (Å²) < 4.78 is 1.61. The van der Waals surface area contributed by atoms with Crippen molar-refractivity contribution in [2.45, 2.75) is 18.8 Å². The Morgan fingerprint density at radius 2 is 2.32 bits per heavy atom. The fourth-order valence-electron chi connectivity index (χ4n) is 2.52. The highest BCUT2D eigenvalue weighted by atomic mass is 35.5. The van der Waals surface area contributed by atoms with Crippen LogP contribution in [0.2, 0.25) is 5.02 Å². The van der Waals surface area contributed by atoms with Gasteiger partial charge in [0.05, 0.1) is 5.69 Å². The third kappa shape index (κ3) is 2.43. The number of H-pyrrole nitrogens is 1. The summed E-state index contributed by atoms with van der Waals surface area (Å²) in [6.45, 7) is 1.88. The van der Waals surface area contributed by atoms with E-state index in [1.165, 1.54) is 0 Å². The lowest BCUT2D eigenvalue weighted by Crippen LogP contribution is -2.31. The molecule has 5 nitrogen and oxygen atoms in total. The number of rotatable bonds is 2. The minimum absolute atomic E-state index is 0.220. The van der Waals surface area contributed by atoms with Crippen LogP contribution in [0.15, 0.2) is 29.1 Å². The SMILES string of the molecule is O=c1[nH]nc(C2CCCNC2)n1-c1cccc(Cl)c1. The zero-order valence-corrected chi connectivity index (χ0v) is 11.2. The number of benzene rings is 1. The van der Waals surface area contributed by atoms with Gasteiger partial charge in [0.25, 0.3) is 0 Å². The highest BCUT2D eigenvalue weighted by molar-refractivity contribution is 6.30. The van der Waals surface area contributed by atoms with Gasteiger partial charge in [-0.15, -0.1) is 0 Å². The van der Waals surface area contributed by atoms with Crippen LogP contribution in [-0.4, -0.2) is 27.9 Å². The van der Waals surface area contributed by atoms with Crippen molar-refractivity contribution in [1.29, 1.82) is 0 Å². The van der Waals surface area contributed by atoms with E-state index >= 15 is 0 Å². The van der Waals surface area contributed by atoms with Crippen molar-refractivity contribution in [2.75, 3.05) is 13.1 Å². The minimum Gasteiger partial charge on any atom is -0.316 e. The second-order valence-electron chi connectivity index (χ2n) is 4.75. The molecule has 100 valence electrons. The predicted octanol–water partition coefficient (Wildman–Crippen LogP) is 1.68. The van der Waals surface area contributed by atoms with Gasteiger partial charge in [-0.1, -0.05) is 17.7 Å². The number of nitrogens with one attached hydrogen (secondary N) is 2. The lowest BCUT2D eigenvalue weighted by Gasteiger charge is -2.22. The maximum atomic E-state index is 12.0. The first-order valence-electron chi connectivity index (χ1n) is 6.39. The summed E-state index contributed by atoms with van der Waals surface area (Å²) >= 11 is 5.99. The molecule has 1 fully saturated rings. The molecule has 3 rings (SSSR count). The molecule has 1 aliphatic rings. The number of nitrogens with zero attached hydrogens (tertiary/aromatic N) is 2. The van der Waals surface area contributed by atoms with E-state index in [9.17, 15) is 4.79 Å². The summed E-state index contributed by atoms with van der Waals surface area (Å²) in [6.07, 6.45) is 2.14. The molecule has 2 heterocycles. The van der Waals surface area contributed by atoms with Gasteiger partial charge in [-0.05, 0) is 37.6 Å². The standard InChI is InChI=1S/C13H15ClN4O/c14-10-4-1-5-11(7-10)18-12(16-17-13(18)19)9-3-2-6-15-8-9/h1,4-5,7,9,15H,2-3,6,8H2,(H,17,19). The summed E-state index contributed by atoms with van der Waals surface area (Å²) in [5.41, 5.74) is 0.537. The lowest BCUT2D eigenvalue weighted by atomic mass is 9.99. The Labute approximate surface area is 115 Å². The van der Waals surface area contributed by atoms with Gasteiger partial charge in [0.15, 0.2) is 0 Å². The van der Waals surface area contributed by atoms with Crippen LogP contribution in [0.5, 0.6) is 0 Å². The average Bonchev–Trinajstić information content (AvgIpc) is 2.82. The van der Waals surface area contributed by atoms with Crippen molar-refractivity contribution < 1.29 is 0 Å². The molecule has 0 amide bonds. The molecule has 1 aromatic heterocycles. The second kappa shape index (κ2) is 5.19. The fraction of sp³-hybridized carbons (Fsp3) is 0.385. The van der Waals surface area contributed by atoms with Crippen molar-refractivity contribution in [3.05, 3.63) is 45.6 Å². The zero-order valence-electron chi connectivity index (χ0n) is 10.4. The molecule has 1 unspecified atom stereocenters. The first-order chi connectivity index (χ1) is 9.25. The van der Waals surface area contributed by atoms with Crippen LogP contribution in [-0.2, 0) is 0 Å². The Morgan fingerprint density at radius 1 is 1.42 bits per heavy atom. The Bertz CT molecular complexity index is 628. The van der Waals surface area contributed by atoms with Crippen LogP contribution < -0.4 is 11.0 Å². The van der Waals surface area contributed by atoms with Crippen LogP contribution >= 0.6 is 11.6 Å². The highest BCUT2D eigenvalue weighted by Crippen LogP contribution is 2.23. The smallest absolute Gasteiger partial charge is 0.316 e. The predicted molar refractivity (Wildman–Crippen MR) is 74.0 cm³/mol. The zero-order chi connectivity index (χ0) is 13.2. The first kappa shape index (κ1) is 12.4. The molecule has 0 saturated carbocycles. The molecule has 1 atom stereocenters. The highest BCUT2D eigenvalue weighted by Gasteiger charge is 2.22. The van der Waals surface area contributed by atoms with E-state index in [-0.39, 0.29) is 11.6 Å². The summed E-state index contributed by atoms with van der Waals surface area (Å²) in [5, 5.41) is 10.7. The van der Waals surface area contributed by atoms with E-state index in [0.717, 1.165) is 37.4 Å². The molecule has 19 heavy (non-hydrogen) atoms. The van der Waals surface area contributed by atoms with E-state index in [2.05, 4.69) is 15.5 Å². The largest absolute Gasteiger partial charge is 0.347 e. The Balaban J connectivity index is 2.05. The minimum atomic E-state index is -0.220. The van der Waals surface area contributed by atoms with E-state index in [1.807, 2.05) is 12.1 Å². The second-order valence-corrected chi connectivity index (χ2v) is 5.18. The summed E-state index contributed by atoms with van der Waals surface area (Å²) in [4.78, 5) is 12.0. The van der Waals surface area contributed by atoms with Gasteiger partial charge in [0, 0.05) is 17.5 Å². The number of piperidine rings is 1. The third-order valence-corrected chi connectivity index (χ3v) is 3.66. The van der Waals surface area contributed by atoms with Gasteiger partial charge in [-0.25, -0.2) is 14.5 Å². The molecular weight excluding hydrogens is 264 g/mol. The van der Waals surface area contributed by atoms with E-state index in [1.54, 1.807) is 16.7 Å². The van der Waals surface area contributed by atoms with E-state index in [0.29, 0.717) is 5.02 Å². The van der Waals surface area contributed by atoms with Crippen molar-refractivity contribution in [2.24, 2.45) is 0 Å². The molecule has 2 aromatic rings. The Hall–Kier alpha value is -1.59. The Kier molecular flexibility index (Phi) is 3.40. The maximum Gasteiger partial charge on any atom is 0.347 e. The molecular formula is C13H15ClN4O. The average molecular weight is 279 g/mol. The monoisotopic (exact) mass is 278 g/mol. The topological polar surface area (TPSA) is 62.7 Å². The summed E-state index contributed by atoms with van der Waals surface area (Å²) in [6, 6.07) is 7.26. The Morgan fingerprint density at radius 3 is 3.05 bits per heavy atom. The number of hydrogen-bond acceptors (Lipinski definition) is 3. The van der Waals surface area contributed by atoms with Gasteiger partial charge >= 0.3 is 5.69 Å². The number of aromatic amines is 1. The lowest BCUT2D eigenvalue weighted by molar-refractivity contribution is 0.442. The first-order valence-corrected chi connectivity index (χ1v) is 6.77. The van der Waals surface area contributed by atoms with Crippen molar-refractivity contribution in [1.82, 2.24) is 20.1 Å². The van der Waals surface area contributed by atoms with E-state index < -0.39 is 0 Å². The van der Waals surface area contributed by atoms with Gasteiger partial charge in [0.1, 0.15) is 5.82 Å². The van der Waals surface area contributed by atoms with Gasteiger partial charge < -0.3 is 5.32 Å². The van der Waals surface area contributed by atoms with Crippen LogP contribution in [0.25, 0.3) is 5.69 Å². The molecule has 1 aliphatic heterocycles. The van der Waals surface area contributed by atoms with Crippen molar-refractivity contribution >= 4 is 11.6 Å². The molecule has 6 heteroatoms. The van der Waals surface area contributed by atoms with Gasteiger partial charge in [0.2, 0.25) is 0 Å². The van der Waals surface area contributed by atoms with E-state index in [4.69, 9.17) is 11.6 Å². The van der Waals surface area contributed by atoms with Crippen LogP contribution in [0.1, 0.15) is 24.6 Å². The molecule has 0 radical (unpaired) electrons. The molecule has 1 aromatic carbocycles. The van der Waals surface area contributed by atoms with Crippen molar-refractivity contribution in [3.8, 4) is 5.69 Å². The number of hydrogen-bond donors (Lipinski definition) is 2. The molecule has 0 spiro atoms. The number of halogens is 1. The number of aromatic nitrogens is 3. The quantitative estimate of drug-likeness (QED) is 0.879. The molecule has 0 bridgehead atoms. The fourth-order valence-corrected chi connectivity index (χ4v) is 2.70. The van der Waals surface area contributed by atoms with Gasteiger partial charge in [-0.3, -0.25) is 0 Å². The van der Waals surface area contributed by atoms with Crippen LogP contribution in [0, 0.1) is 0 Å². The van der Waals surface area contributed by atoms with Gasteiger partial charge in [-0.2, -0.15) is 5.10 Å². The van der Waals surface area contributed by atoms with Crippen LogP contribution in [0.4, 0.5) is 0 Å². The molecule has 0 aliphatic carbocycles. The molecule has 2 N–H and O–H groups in total. The maximum absolute atomic E-state index is 12.0. The normalized spacial score (nSPS) is 19.5.